The largest absolute Gasteiger partial charge is 0.348 e. The lowest BCUT2D eigenvalue weighted by Gasteiger charge is -2.21. The van der Waals surface area contributed by atoms with Gasteiger partial charge in [-0.25, -0.2) is 4.68 Å². The average molecular weight is 349 g/mol. The number of nitrogens with two attached hydrogens (primary N) is 1. The number of nitrogens with zero attached hydrogens (tertiary/aromatic N) is 3. The summed E-state index contributed by atoms with van der Waals surface area (Å²) in [5.41, 5.74) is 8.80. The highest BCUT2D eigenvalue weighted by Crippen LogP contribution is 2.20. The van der Waals surface area contributed by atoms with Crippen molar-refractivity contribution in [2.24, 2.45) is 11.7 Å². The number of carbonyl (C=O) groups excluding carboxylic acids is 1. The topological polar surface area (TPSA) is 85.8 Å². The van der Waals surface area contributed by atoms with Crippen LogP contribution >= 0.6 is 0 Å². The molecular weight excluding hydrogens is 326 g/mol. The Hall–Kier alpha value is -2.99. The molecule has 0 spiro atoms. The Balaban J connectivity index is 1.65. The van der Waals surface area contributed by atoms with E-state index in [-0.39, 0.29) is 23.9 Å². The number of rotatable bonds is 6. The van der Waals surface area contributed by atoms with E-state index in [2.05, 4.69) is 15.6 Å². The summed E-state index contributed by atoms with van der Waals surface area (Å²) in [6.45, 7) is 3.72. The summed E-state index contributed by atoms with van der Waals surface area (Å²) < 4.78 is 1.69. The van der Waals surface area contributed by atoms with Crippen molar-refractivity contribution in [3.05, 3.63) is 78.1 Å². The molecule has 134 valence electrons. The maximum Gasteiger partial charge on any atom is 0.225 e. The molecule has 0 saturated carbocycles. The van der Waals surface area contributed by atoms with Crippen LogP contribution in [0.5, 0.6) is 0 Å². The van der Waals surface area contributed by atoms with Crippen molar-refractivity contribution in [1.29, 1.82) is 0 Å². The van der Waals surface area contributed by atoms with Gasteiger partial charge in [-0.05, 0) is 24.6 Å². The van der Waals surface area contributed by atoms with Crippen LogP contribution in [0.15, 0.2) is 66.9 Å². The molecule has 3 aromatic rings. The molecule has 3 unspecified atom stereocenters. The molecule has 0 saturated heterocycles. The van der Waals surface area contributed by atoms with Crippen molar-refractivity contribution < 1.29 is 4.79 Å². The molecule has 6 heteroatoms. The Labute approximate surface area is 153 Å². The number of hydrogen-bond acceptors (Lipinski definition) is 4. The van der Waals surface area contributed by atoms with Gasteiger partial charge in [0.15, 0.2) is 0 Å². The number of para-hydroxylation sites is 1. The van der Waals surface area contributed by atoms with Crippen molar-refractivity contribution in [1.82, 2.24) is 20.3 Å². The molecular formula is C20H23N5O. The highest BCUT2D eigenvalue weighted by atomic mass is 16.2. The molecule has 1 amide bonds. The maximum atomic E-state index is 12.6. The first kappa shape index (κ1) is 17.8. The van der Waals surface area contributed by atoms with Crippen molar-refractivity contribution in [2.75, 3.05) is 0 Å². The van der Waals surface area contributed by atoms with Gasteiger partial charge in [-0.15, -0.1) is 5.10 Å². The summed E-state index contributed by atoms with van der Waals surface area (Å²) >= 11 is 0. The molecule has 0 fully saturated rings. The molecule has 3 N–H and O–H groups in total. The van der Waals surface area contributed by atoms with Gasteiger partial charge in [0, 0.05) is 6.04 Å². The standard InChI is InChI=1S/C20H23N5O/c1-14(19(21)16-9-5-3-6-10-16)20(26)22-15(2)18-13-25(24-23-18)17-11-7-4-8-12-17/h3-15,19H,21H2,1-2H3,(H,22,26). The molecule has 0 aliphatic rings. The predicted octanol–water partition coefficient (Wildman–Crippen LogP) is 2.78. The Bertz CT molecular complexity index is 847. The fourth-order valence-electron chi connectivity index (χ4n) is 2.73. The smallest absolute Gasteiger partial charge is 0.225 e. The first-order valence-corrected chi connectivity index (χ1v) is 8.65. The number of benzene rings is 2. The zero-order valence-electron chi connectivity index (χ0n) is 14.9. The van der Waals surface area contributed by atoms with Gasteiger partial charge in [0.25, 0.3) is 0 Å². The summed E-state index contributed by atoms with van der Waals surface area (Å²) in [7, 11) is 0. The fourth-order valence-corrected chi connectivity index (χ4v) is 2.73. The van der Waals surface area contributed by atoms with E-state index < -0.39 is 0 Å². The van der Waals surface area contributed by atoms with Crippen LogP contribution in [0.4, 0.5) is 0 Å². The predicted molar refractivity (Wildman–Crippen MR) is 100 cm³/mol. The van der Waals surface area contributed by atoms with Crippen LogP contribution < -0.4 is 11.1 Å². The molecule has 0 radical (unpaired) electrons. The summed E-state index contributed by atoms with van der Waals surface area (Å²) in [5.74, 6) is -0.466. The van der Waals surface area contributed by atoms with E-state index in [9.17, 15) is 4.79 Å². The quantitative estimate of drug-likeness (QED) is 0.716. The lowest BCUT2D eigenvalue weighted by molar-refractivity contribution is -0.125. The number of hydrogen-bond donors (Lipinski definition) is 2. The normalized spacial score (nSPS) is 14.4. The highest BCUT2D eigenvalue weighted by Gasteiger charge is 2.24. The van der Waals surface area contributed by atoms with Gasteiger partial charge in [0.05, 0.1) is 23.8 Å². The van der Waals surface area contributed by atoms with Crippen molar-refractivity contribution >= 4 is 5.91 Å². The lowest BCUT2D eigenvalue weighted by atomic mass is 9.94. The van der Waals surface area contributed by atoms with E-state index in [1.54, 1.807) is 4.68 Å². The third-order valence-corrected chi connectivity index (χ3v) is 4.47. The number of nitrogens with one attached hydrogen (secondary N) is 1. The molecule has 0 aliphatic carbocycles. The second kappa shape index (κ2) is 7.93. The zero-order chi connectivity index (χ0) is 18.5. The third kappa shape index (κ3) is 3.97. The van der Waals surface area contributed by atoms with E-state index in [0.29, 0.717) is 5.69 Å². The molecule has 0 aliphatic heterocycles. The SMILES string of the molecule is CC(NC(=O)C(C)C(N)c1ccccc1)c1cn(-c2ccccc2)nn1. The second-order valence-corrected chi connectivity index (χ2v) is 6.38. The molecule has 1 heterocycles. The number of carbonyl (C=O) groups is 1. The molecule has 26 heavy (non-hydrogen) atoms. The first-order valence-electron chi connectivity index (χ1n) is 8.65. The Morgan fingerprint density at radius 3 is 2.31 bits per heavy atom. The molecule has 2 aromatic carbocycles. The van der Waals surface area contributed by atoms with Crippen LogP contribution in [0.3, 0.4) is 0 Å². The highest BCUT2D eigenvalue weighted by molar-refractivity contribution is 5.79. The van der Waals surface area contributed by atoms with Gasteiger partial charge in [-0.1, -0.05) is 60.7 Å². The van der Waals surface area contributed by atoms with Gasteiger partial charge >= 0.3 is 0 Å². The molecule has 0 bridgehead atoms. The third-order valence-electron chi connectivity index (χ3n) is 4.47. The summed E-state index contributed by atoms with van der Waals surface area (Å²) in [5, 5.41) is 11.3. The molecule has 6 nitrogen and oxygen atoms in total. The average Bonchev–Trinajstić information content (AvgIpc) is 3.18. The minimum Gasteiger partial charge on any atom is -0.348 e. The van der Waals surface area contributed by atoms with Gasteiger partial charge < -0.3 is 11.1 Å². The second-order valence-electron chi connectivity index (χ2n) is 6.38. The Morgan fingerprint density at radius 1 is 1.04 bits per heavy atom. The molecule has 1 aromatic heterocycles. The van der Waals surface area contributed by atoms with Crippen LogP contribution in [0.1, 0.15) is 37.2 Å². The van der Waals surface area contributed by atoms with E-state index in [4.69, 9.17) is 5.73 Å². The van der Waals surface area contributed by atoms with Crippen LogP contribution in [0.25, 0.3) is 5.69 Å². The van der Waals surface area contributed by atoms with Gasteiger partial charge in [0.1, 0.15) is 5.69 Å². The van der Waals surface area contributed by atoms with E-state index in [1.807, 2.05) is 80.7 Å². The van der Waals surface area contributed by atoms with Crippen LogP contribution in [0, 0.1) is 5.92 Å². The fraction of sp³-hybridized carbons (Fsp3) is 0.250. The summed E-state index contributed by atoms with van der Waals surface area (Å²) in [4.78, 5) is 12.6. The molecule has 3 rings (SSSR count). The van der Waals surface area contributed by atoms with E-state index in [0.717, 1.165) is 11.3 Å². The van der Waals surface area contributed by atoms with E-state index in [1.165, 1.54) is 0 Å². The monoisotopic (exact) mass is 349 g/mol. The minimum atomic E-state index is -0.358. The Kier molecular flexibility index (Phi) is 5.43. The maximum absolute atomic E-state index is 12.6. The Morgan fingerprint density at radius 2 is 1.65 bits per heavy atom. The van der Waals surface area contributed by atoms with Crippen LogP contribution in [-0.4, -0.2) is 20.9 Å². The summed E-state index contributed by atoms with van der Waals surface area (Å²) in [6, 6.07) is 18.7. The van der Waals surface area contributed by atoms with Crippen LogP contribution in [0.2, 0.25) is 0 Å². The minimum absolute atomic E-state index is 0.108. The van der Waals surface area contributed by atoms with Gasteiger partial charge in [0.2, 0.25) is 5.91 Å². The summed E-state index contributed by atoms with van der Waals surface area (Å²) in [6.07, 6.45) is 1.82. The zero-order valence-corrected chi connectivity index (χ0v) is 14.9. The van der Waals surface area contributed by atoms with Crippen molar-refractivity contribution in [3.63, 3.8) is 0 Å². The van der Waals surface area contributed by atoms with Gasteiger partial charge in [-0.2, -0.15) is 0 Å². The first-order chi connectivity index (χ1) is 12.6. The number of amides is 1. The van der Waals surface area contributed by atoms with Crippen molar-refractivity contribution in [3.8, 4) is 5.69 Å². The van der Waals surface area contributed by atoms with Crippen LogP contribution in [-0.2, 0) is 4.79 Å². The number of aromatic nitrogens is 3. The van der Waals surface area contributed by atoms with E-state index >= 15 is 0 Å². The lowest BCUT2D eigenvalue weighted by Crippen LogP contribution is -2.37. The van der Waals surface area contributed by atoms with Crippen molar-refractivity contribution in [2.45, 2.75) is 25.9 Å². The van der Waals surface area contributed by atoms with Gasteiger partial charge in [-0.3, -0.25) is 4.79 Å². The molecule has 3 atom stereocenters.